The topological polar surface area (TPSA) is 91.4 Å². The molecule has 0 spiro atoms. The van der Waals surface area contributed by atoms with Crippen LogP contribution < -0.4 is 10.6 Å². The van der Waals surface area contributed by atoms with Crippen molar-refractivity contribution < 1.29 is 13.2 Å². The van der Waals surface area contributed by atoms with Crippen LogP contribution in [0.4, 0.5) is 10.5 Å². The molecular weight excluding hydrogens is 376 g/mol. The average Bonchev–Trinajstić information content (AvgIpc) is 2.67. The minimum absolute atomic E-state index is 0.245. The van der Waals surface area contributed by atoms with Crippen LogP contribution in [0, 0.1) is 11.8 Å². The summed E-state index contributed by atoms with van der Waals surface area (Å²) >= 11 is 0. The maximum atomic E-state index is 12.9. The van der Waals surface area contributed by atoms with Crippen molar-refractivity contribution in [1.29, 1.82) is 0 Å². The van der Waals surface area contributed by atoms with E-state index in [9.17, 15) is 13.2 Å². The van der Waals surface area contributed by atoms with Gasteiger partial charge < -0.3 is 10.6 Å². The van der Waals surface area contributed by atoms with E-state index in [1.54, 1.807) is 34.9 Å². The highest BCUT2D eigenvalue weighted by molar-refractivity contribution is 7.89. The average molecular weight is 403 g/mol. The van der Waals surface area contributed by atoms with E-state index in [2.05, 4.69) is 29.5 Å². The van der Waals surface area contributed by atoms with E-state index in [1.807, 2.05) is 6.07 Å². The lowest BCUT2D eigenvalue weighted by Gasteiger charge is -2.34. The zero-order valence-electron chi connectivity index (χ0n) is 16.1. The monoisotopic (exact) mass is 402 g/mol. The predicted molar refractivity (Wildman–Crippen MR) is 108 cm³/mol. The van der Waals surface area contributed by atoms with Crippen molar-refractivity contribution in [1.82, 2.24) is 14.6 Å². The summed E-state index contributed by atoms with van der Waals surface area (Å²) in [6, 6.07) is 9.60. The molecule has 0 saturated carbocycles. The van der Waals surface area contributed by atoms with Crippen LogP contribution in [-0.4, -0.2) is 36.8 Å². The molecule has 0 bridgehead atoms. The molecule has 1 saturated heterocycles. The summed E-state index contributed by atoms with van der Waals surface area (Å²) in [5.41, 5.74) is 1.42. The van der Waals surface area contributed by atoms with Crippen molar-refractivity contribution in [3.8, 4) is 0 Å². The first-order valence-electron chi connectivity index (χ1n) is 9.38. The van der Waals surface area contributed by atoms with Gasteiger partial charge >= 0.3 is 6.03 Å². The van der Waals surface area contributed by atoms with Crippen LogP contribution >= 0.6 is 0 Å². The third kappa shape index (κ3) is 5.08. The number of pyridine rings is 1. The van der Waals surface area contributed by atoms with Gasteiger partial charge in [-0.2, -0.15) is 4.31 Å². The summed E-state index contributed by atoms with van der Waals surface area (Å²) in [5, 5.41) is 5.44. The largest absolute Gasteiger partial charge is 0.334 e. The summed E-state index contributed by atoms with van der Waals surface area (Å²) in [6.07, 6.45) is 4.40. The Kier molecular flexibility index (Phi) is 6.31. The lowest BCUT2D eigenvalue weighted by atomic mass is 9.94. The maximum Gasteiger partial charge on any atom is 0.319 e. The molecule has 0 aliphatic carbocycles. The molecule has 1 aromatic heterocycles. The number of hydrogen-bond donors (Lipinski definition) is 2. The maximum absolute atomic E-state index is 12.9. The molecule has 7 nitrogen and oxygen atoms in total. The molecule has 2 heterocycles. The number of aromatic nitrogens is 1. The minimum atomic E-state index is -3.52. The van der Waals surface area contributed by atoms with Crippen molar-refractivity contribution in [2.24, 2.45) is 11.8 Å². The minimum Gasteiger partial charge on any atom is -0.334 e. The number of nitrogens with one attached hydrogen (secondary N) is 2. The SMILES string of the molecule is CC1CC(C)CN(S(=O)(=O)c2ccc(NC(=O)NCc3cccnc3)cc2)C1. The van der Waals surface area contributed by atoms with Gasteiger partial charge in [-0.3, -0.25) is 4.98 Å². The van der Waals surface area contributed by atoms with Gasteiger partial charge in [-0.15, -0.1) is 0 Å². The fourth-order valence-electron chi connectivity index (χ4n) is 3.52. The Bertz CT molecular complexity index is 891. The number of urea groups is 1. The van der Waals surface area contributed by atoms with E-state index in [-0.39, 0.29) is 10.9 Å². The zero-order valence-corrected chi connectivity index (χ0v) is 16.9. The standard InChI is InChI=1S/C20H26N4O3S/c1-15-10-16(2)14-24(13-15)28(26,27)19-7-5-18(6-8-19)23-20(25)22-12-17-4-3-9-21-11-17/h3-9,11,15-16H,10,12-14H2,1-2H3,(H2,22,23,25). The molecule has 1 fully saturated rings. The predicted octanol–water partition coefficient (Wildman–Crippen LogP) is 3.07. The summed E-state index contributed by atoms with van der Waals surface area (Å²) in [5.74, 6) is 0.700. The summed E-state index contributed by atoms with van der Waals surface area (Å²) in [4.78, 5) is 16.3. The summed E-state index contributed by atoms with van der Waals surface area (Å²) in [6.45, 7) is 5.61. The number of hydrogen-bond acceptors (Lipinski definition) is 4. The Morgan fingerprint density at radius 2 is 1.82 bits per heavy atom. The second-order valence-electron chi connectivity index (χ2n) is 7.46. The quantitative estimate of drug-likeness (QED) is 0.804. The highest BCUT2D eigenvalue weighted by Crippen LogP contribution is 2.27. The molecule has 28 heavy (non-hydrogen) atoms. The molecule has 3 rings (SSSR count). The molecule has 2 unspecified atom stereocenters. The number of rotatable bonds is 5. The van der Waals surface area contributed by atoms with Crippen LogP contribution in [0.5, 0.6) is 0 Å². The van der Waals surface area contributed by atoms with Gasteiger partial charge in [0, 0.05) is 37.7 Å². The van der Waals surface area contributed by atoms with Crippen molar-refractivity contribution >= 4 is 21.7 Å². The molecule has 2 N–H and O–H groups in total. The Morgan fingerprint density at radius 3 is 2.43 bits per heavy atom. The number of carbonyl (C=O) groups excluding carboxylic acids is 1. The highest BCUT2D eigenvalue weighted by Gasteiger charge is 2.31. The van der Waals surface area contributed by atoms with Crippen LogP contribution in [0.15, 0.2) is 53.7 Å². The lowest BCUT2D eigenvalue weighted by molar-refractivity contribution is 0.222. The van der Waals surface area contributed by atoms with Gasteiger partial charge in [0.05, 0.1) is 4.90 Å². The molecule has 1 aliphatic rings. The van der Waals surface area contributed by atoms with Crippen LogP contribution in [0.2, 0.25) is 0 Å². The molecule has 1 aromatic carbocycles. The highest BCUT2D eigenvalue weighted by atomic mass is 32.2. The Morgan fingerprint density at radius 1 is 1.14 bits per heavy atom. The number of piperidine rings is 1. The first kappa shape index (κ1) is 20.3. The van der Waals surface area contributed by atoms with E-state index in [4.69, 9.17) is 0 Å². The third-order valence-electron chi connectivity index (χ3n) is 4.76. The first-order chi connectivity index (χ1) is 13.3. The second kappa shape index (κ2) is 8.70. The second-order valence-corrected chi connectivity index (χ2v) is 9.40. The van der Waals surface area contributed by atoms with Crippen molar-refractivity contribution in [3.05, 3.63) is 54.4 Å². The fourth-order valence-corrected chi connectivity index (χ4v) is 5.20. The van der Waals surface area contributed by atoms with Crippen LogP contribution in [-0.2, 0) is 16.6 Å². The van der Waals surface area contributed by atoms with Gasteiger partial charge in [0.25, 0.3) is 0 Å². The van der Waals surface area contributed by atoms with Gasteiger partial charge in [0.2, 0.25) is 10.0 Å². The molecular formula is C20H26N4O3S. The van der Waals surface area contributed by atoms with Gasteiger partial charge in [-0.05, 0) is 54.2 Å². The van der Waals surface area contributed by atoms with E-state index in [0.29, 0.717) is 37.2 Å². The number of sulfonamides is 1. The van der Waals surface area contributed by atoms with Crippen molar-refractivity contribution in [3.63, 3.8) is 0 Å². The number of anilines is 1. The van der Waals surface area contributed by atoms with E-state index in [1.165, 1.54) is 12.1 Å². The van der Waals surface area contributed by atoms with E-state index in [0.717, 1.165) is 12.0 Å². The van der Waals surface area contributed by atoms with Crippen LogP contribution in [0.25, 0.3) is 0 Å². The zero-order chi connectivity index (χ0) is 20.1. The van der Waals surface area contributed by atoms with Crippen LogP contribution in [0.3, 0.4) is 0 Å². The molecule has 0 radical (unpaired) electrons. The first-order valence-corrected chi connectivity index (χ1v) is 10.8. The van der Waals surface area contributed by atoms with E-state index < -0.39 is 10.0 Å². The number of nitrogens with zero attached hydrogens (tertiary/aromatic N) is 2. The number of benzene rings is 1. The summed E-state index contributed by atoms with van der Waals surface area (Å²) in [7, 11) is -3.52. The summed E-state index contributed by atoms with van der Waals surface area (Å²) < 4.78 is 27.3. The number of carbonyl (C=O) groups is 1. The fraction of sp³-hybridized carbons (Fsp3) is 0.400. The van der Waals surface area contributed by atoms with Crippen molar-refractivity contribution in [2.45, 2.75) is 31.7 Å². The van der Waals surface area contributed by atoms with Gasteiger partial charge in [0.15, 0.2) is 0 Å². The molecule has 8 heteroatoms. The normalized spacial score (nSPS) is 20.5. The number of amides is 2. The molecule has 2 amide bonds. The van der Waals surface area contributed by atoms with Gasteiger partial charge in [-0.1, -0.05) is 19.9 Å². The van der Waals surface area contributed by atoms with Crippen LogP contribution in [0.1, 0.15) is 25.8 Å². The Labute approximate surface area is 166 Å². The molecule has 2 atom stereocenters. The lowest BCUT2D eigenvalue weighted by Crippen LogP contribution is -2.42. The Balaban J connectivity index is 1.60. The third-order valence-corrected chi connectivity index (χ3v) is 6.61. The molecule has 2 aromatic rings. The Hall–Kier alpha value is -2.45. The van der Waals surface area contributed by atoms with E-state index >= 15 is 0 Å². The van der Waals surface area contributed by atoms with Crippen molar-refractivity contribution in [2.75, 3.05) is 18.4 Å². The van der Waals surface area contributed by atoms with Gasteiger partial charge in [-0.25, -0.2) is 13.2 Å². The molecule has 150 valence electrons. The molecule has 1 aliphatic heterocycles. The smallest absolute Gasteiger partial charge is 0.319 e. The van der Waals surface area contributed by atoms with Gasteiger partial charge in [0.1, 0.15) is 0 Å².